The molecule has 3 nitrogen and oxygen atoms in total. The third-order valence-corrected chi connectivity index (χ3v) is 4.25. The van der Waals surface area contributed by atoms with Gasteiger partial charge in [0, 0.05) is 10.9 Å². The molecule has 108 valence electrons. The predicted octanol–water partition coefficient (Wildman–Crippen LogP) is 3.66. The number of aryl methyl sites for hydroxylation is 2. The van der Waals surface area contributed by atoms with Crippen molar-refractivity contribution in [1.82, 2.24) is 10.3 Å². The van der Waals surface area contributed by atoms with E-state index >= 15 is 0 Å². The lowest BCUT2D eigenvalue weighted by Gasteiger charge is -2.13. The van der Waals surface area contributed by atoms with Crippen LogP contribution in [0.4, 0.5) is 0 Å². The van der Waals surface area contributed by atoms with Gasteiger partial charge >= 0.3 is 0 Å². The minimum absolute atomic E-state index is 0.297. The van der Waals surface area contributed by atoms with E-state index in [1.54, 1.807) is 18.4 Å². The fraction of sp³-hybridized carbons (Fsp3) is 0.438. The second-order valence-electron chi connectivity index (χ2n) is 4.95. The van der Waals surface area contributed by atoms with Crippen LogP contribution in [0.1, 0.15) is 34.1 Å². The molecule has 0 saturated carbocycles. The Bertz CT molecular complexity index is 565. The Morgan fingerprint density at radius 1 is 1.35 bits per heavy atom. The van der Waals surface area contributed by atoms with Gasteiger partial charge in [-0.15, -0.1) is 11.3 Å². The molecule has 4 heteroatoms. The van der Waals surface area contributed by atoms with Crippen molar-refractivity contribution in [2.75, 3.05) is 13.7 Å². The summed E-state index contributed by atoms with van der Waals surface area (Å²) in [4.78, 5) is 5.91. The molecule has 0 bridgehead atoms. The first-order chi connectivity index (χ1) is 9.60. The van der Waals surface area contributed by atoms with Crippen molar-refractivity contribution in [1.29, 1.82) is 0 Å². The fourth-order valence-corrected chi connectivity index (χ4v) is 3.22. The van der Waals surface area contributed by atoms with Crippen LogP contribution >= 0.6 is 11.3 Å². The Morgan fingerprint density at radius 3 is 2.80 bits per heavy atom. The topological polar surface area (TPSA) is 34.1 Å². The van der Waals surface area contributed by atoms with Gasteiger partial charge in [0.25, 0.3) is 0 Å². The van der Waals surface area contributed by atoms with Crippen LogP contribution in [-0.2, 0) is 6.42 Å². The number of ether oxygens (including phenoxy) is 1. The summed E-state index contributed by atoms with van der Waals surface area (Å²) in [6, 6.07) is 8.52. The van der Waals surface area contributed by atoms with Gasteiger partial charge in [0.05, 0.1) is 17.8 Å². The molecule has 0 spiro atoms. The first-order valence-corrected chi connectivity index (χ1v) is 7.72. The van der Waals surface area contributed by atoms with Gasteiger partial charge in [-0.2, -0.15) is 0 Å². The van der Waals surface area contributed by atoms with Crippen molar-refractivity contribution in [3.63, 3.8) is 0 Å². The number of nitrogens with zero attached hydrogens (tertiary/aromatic N) is 1. The van der Waals surface area contributed by atoms with Crippen molar-refractivity contribution in [2.45, 2.75) is 33.2 Å². The Labute approximate surface area is 125 Å². The van der Waals surface area contributed by atoms with Gasteiger partial charge in [0.15, 0.2) is 0 Å². The van der Waals surface area contributed by atoms with Crippen molar-refractivity contribution < 1.29 is 4.74 Å². The molecule has 0 saturated heterocycles. The van der Waals surface area contributed by atoms with Crippen LogP contribution in [0.3, 0.4) is 0 Å². The largest absolute Gasteiger partial charge is 0.497 e. The van der Waals surface area contributed by atoms with Crippen molar-refractivity contribution >= 4 is 11.3 Å². The molecule has 2 aromatic rings. The minimum atomic E-state index is 0.297. The Kier molecular flexibility index (Phi) is 5.15. The number of methoxy groups -OCH3 is 1. The highest BCUT2D eigenvalue weighted by molar-refractivity contribution is 7.11. The zero-order chi connectivity index (χ0) is 14.5. The van der Waals surface area contributed by atoms with Crippen molar-refractivity contribution in [2.24, 2.45) is 0 Å². The maximum absolute atomic E-state index is 5.24. The van der Waals surface area contributed by atoms with E-state index in [0.29, 0.717) is 6.04 Å². The number of hydrogen-bond donors (Lipinski definition) is 1. The molecule has 0 aliphatic heterocycles. The smallest absolute Gasteiger partial charge is 0.119 e. The number of thiazole rings is 1. The summed E-state index contributed by atoms with van der Waals surface area (Å²) in [5.74, 6) is 0.918. The molecule has 1 unspecified atom stereocenters. The SMILES string of the molecule is COc1cccc(CCNC(C)c2nc(C)sc2C)c1. The molecular formula is C16H22N2OS. The second-order valence-corrected chi connectivity index (χ2v) is 6.36. The van der Waals surface area contributed by atoms with Gasteiger partial charge in [-0.25, -0.2) is 4.98 Å². The molecule has 0 aliphatic carbocycles. The van der Waals surface area contributed by atoms with E-state index in [1.165, 1.54) is 16.1 Å². The molecular weight excluding hydrogens is 268 g/mol. The lowest BCUT2D eigenvalue weighted by molar-refractivity contribution is 0.414. The van der Waals surface area contributed by atoms with Gasteiger partial charge in [0.1, 0.15) is 5.75 Å². The summed E-state index contributed by atoms with van der Waals surface area (Å²) in [5.41, 5.74) is 2.47. The first kappa shape index (κ1) is 15.0. The quantitative estimate of drug-likeness (QED) is 0.881. The maximum atomic E-state index is 5.24. The molecule has 20 heavy (non-hydrogen) atoms. The lowest BCUT2D eigenvalue weighted by atomic mass is 10.1. The monoisotopic (exact) mass is 290 g/mol. The van der Waals surface area contributed by atoms with E-state index in [4.69, 9.17) is 4.74 Å². The average molecular weight is 290 g/mol. The minimum Gasteiger partial charge on any atom is -0.497 e. The summed E-state index contributed by atoms with van der Waals surface area (Å²) in [7, 11) is 1.70. The molecule has 2 rings (SSSR count). The fourth-order valence-electron chi connectivity index (χ4n) is 2.30. The third-order valence-electron chi connectivity index (χ3n) is 3.35. The van der Waals surface area contributed by atoms with E-state index in [1.807, 2.05) is 12.1 Å². The van der Waals surface area contributed by atoms with Gasteiger partial charge in [-0.05, 0) is 51.4 Å². The van der Waals surface area contributed by atoms with Gasteiger partial charge < -0.3 is 10.1 Å². The van der Waals surface area contributed by atoms with Gasteiger partial charge in [-0.1, -0.05) is 12.1 Å². The molecule has 1 N–H and O–H groups in total. The number of benzene rings is 1. The molecule has 1 heterocycles. The molecule has 1 aromatic heterocycles. The summed E-state index contributed by atoms with van der Waals surface area (Å²) < 4.78 is 5.24. The maximum Gasteiger partial charge on any atom is 0.119 e. The molecule has 0 radical (unpaired) electrons. The molecule has 1 atom stereocenters. The molecule has 1 aromatic carbocycles. The van der Waals surface area contributed by atoms with Gasteiger partial charge in [0.2, 0.25) is 0 Å². The summed E-state index contributed by atoms with van der Waals surface area (Å²) in [6.07, 6.45) is 0.990. The first-order valence-electron chi connectivity index (χ1n) is 6.90. The Hall–Kier alpha value is -1.39. The number of hydrogen-bond acceptors (Lipinski definition) is 4. The summed E-state index contributed by atoms with van der Waals surface area (Å²) in [6.45, 7) is 7.31. The van der Waals surface area contributed by atoms with Gasteiger partial charge in [-0.3, -0.25) is 0 Å². The van der Waals surface area contributed by atoms with E-state index in [0.717, 1.165) is 23.7 Å². The molecule has 0 amide bonds. The van der Waals surface area contributed by atoms with Crippen LogP contribution in [0.25, 0.3) is 0 Å². The molecule has 0 aliphatic rings. The highest BCUT2D eigenvalue weighted by Crippen LogP contribution is 2.22. The zero-order valence-corrected chi connectivity index (χ0v) is 13.4. The van der Waals surface area contributed by atoms with Crippen molar-refractivity contribution in [3.8, 4) is 5.75 Å². The van der Waals surface area contributed by atoms with E-state index < -0.39 is 0 Å². The number of aromatic nitrogens is 1. The summed E-state index contributed by atoms with van der Waals surface area (Å²) >= 11 is 1.76. The Morgan fingerprint density at radius 2 is 2.15 bits per heavy atom. The molecule has 0 fully saturated rings. The zero-order valence-electron chi connectivity index (χ0n) is 12.6. The van der Waals surface area contributed by atoms with Crippen LogP contribution in [0.2, 0.25) is 0 Å². The van der Waals surface area contributed by atoms with Crippen LogP contribution in [0.15, 0.2) is 24.3 Å². The number of nitrogens with one attached hydrogen (secondary N) is 1. The van der Waals surface area contributed by atoms with Crippen LogP contribution in [0.5, 0.6) is 5.75 Å². The average Bonchev–Trinajstić information content (AvgIpc) is 2.78. The highest BCUT2D eigenvalue weighted by Gasteiger charge is 2.12. The van der Waals surface area contributed by atoms with Crippen LogP contribution < -0.4 is 10.1 Å². The van der Waals surface area contributed by atoms with Crippen LogP contribution in [-0.4, -0.2) is 18.6 Å². The second kappa shape index (κ2) is 6.86. The van der Waals surface area contributed by atoms with E-state index in [-0.39, 0.29) is 0 Å². The van der Waals surface area contributed by atoms with Crippen molar-refractivity contribution in [3.05, 3.63) is 45.4 Å². The summed E-state index contributed by atoms with van der Waals surface area (Å²) in [5, 5.41) is 4.68. The van der Waals surface area contributed by atoms with E-state index in [9.17, 15) is 0 Å². The van der Waals surface area contributed by atoms with E-state index in [2.05, 4.69) is 43.2 Å². The lowest BCUT2D eigenvalue weighted by Crippen LogP contribution is -2.22. The third kappa shape index (κ3) is 3.81. The normalized spacial score (nSPS) is 12.4. The highest BCUT2D eigenvalue weighted by atomic mass is 32.1. The predicted molar refractivity (Wildman–Crippen MR) is 84.7 cm³/mol. The Balaban J connectivity index is 1.87. The standard InChI is InChI=1S/C16H22N2OS/c1-11(16-12(2)20-13(3)18-16)17-9-8-14-6-5-7-15(10-14)19-4/h5-7,10-11,17H,8-9H2,1-4H3. The van der Waals surface area contributed by atoms with Crippen LogP contribution in [0, 0.1) is 13.8 Å². The number of rotatable bonds is 6.